The summed E-state index contributed by atoms with van der Waals surface area (Å²) in [5.74, 6) is -2.46. The zero-order valence-electron chi connectivity index (χ0n) is 25.8. The van der Waals surface area contributed by atoms with E-state index in [9.17, 15) is 34.8 Å². The summed E-state index contributed by atoms with van der Waals surface area (Å²) in [6, 6.07) is 0. The van der Waals surface area contributed by atoms with E-state index in [-0.39, 0.29) is 19.3 Å². The first kappa shape index (κ1) is 38.6. The third-order valence-electron chi connectivity index (χ3n) is 7.86. The van der Waals surface area contributed by atoms with Crippen LogP contribution >= 0.6 is 0 Å². The lowest BCUT2D eigenvalue weighted by atomic mass is 9.71. The van der Waals surface area contributed by atoms with Crippen LogP contribution in [-0.2, 0) is 19.1 Å². The SMILES string of the molecule is CCCCCCCCC(=O)OC[C@](O)(C(=O)CCCCCCCC)[C@@](O)(C(=O)CCCCCCCC)[C@@H](O)CO. The first-order chi connectivity index (χ1) is 19.1. The topological polar surface area (TPSA) is 141 Å². The van der Waals surface area contributed by atoms with E-state index >= 15 is 0 Å². The maximum atomic E-state index is 13.4. The standard InChI is InChI=1S/C32H60O8/c1-4-7-10-13-16-19-22-27(34)31(38,26-40-30(37)24-21-18-15-12-9-6-3)32(39,29(36)25-33)28(35)23-20-17-14-11-8-5-2/h29,33,36,38-39H,4-26H2,1-3H3/t29-,31-,32+/m0/s1. The number of hydrogen-bond donors (Lipinski definition) is 4. The zero-order valence-corrected chi connectivity index (χ0v) is 25.8. The van der Waals surface area contributed by atoms with Crippen molar-refractivity contribution < 1.29 is 39.5 Å². The Hall–Kier alpha value is -1.35. The molecule has 4 N–H and O–H groups in total. The van der Waals surface area contributed by atoms with Crippen molar-refractivity contribution in [3.05, 3.63) is 0 Å². The van der Waals surface area contributed by atoms with Crippen molar-refractivity contribution in [3.8, 4) is 0 Å². The number of hydrogen-bond acceptors (Lipinski definition) is 8. The van der Waals surface area contributed by atoms with Gasteiger partial charge in [-0.2, -0.15) is 0 Å². The molecule has 0 saturated carbocycles. The molecule has 0 saturated heterocycles. The Balaban J connectivity index is 5.58. The van der Waals surface area contributed by atoms with Gasteiger partial charge in [-0.15, -0.1) is 0 Å². The molecule has 0 heterocycles. The highest BCUT2D eigenvalue weighted by atomic mass is 16.5. The summed E-state index contributed by atoms with van der Waals surface area (Å²) < 4.78 is 5.26. The minimum Gasteiger partial charge on any atom is -0.462 e. The van der Waals surface area contributed by atoms with E-state index in [1.807, 2.05) is 0 Å². The molecular weight excluding hydrogens is 512 g/mol. The van der Waals surface area contributed by atoms with Crippen LogP contribution in [0.3, 0.4) is 0 Å². The maximum absolute atomic E-state index is 13.4. The van der Waals surface area contributed by atoms with Crippen LogP contribution in [0.4, 0.5) is 0 Å². The molecule has 0 rings (SSSR count). The molecule has 0 aliphatic carbocycles. The number of aliphatic hydroxyl groups is 4. The van der Waals surface area contributed by atoms with Crippen LogP contribution < -0.4 is 0 Å². The van der Waals surface area contributed by atoms with Crippen LogP contribution in [0, 0.1) is 0 Å². The second-order valence-electron chi connectivity index (χ2n) is 11.4. The average Bonchev–Trinajstić information content (AvgIpc) is 2.95. The molecule has 0 fully saturated rings. The number of unbranched alkanes of at least 4 members (excludes halogenated alkanes) is 15. The Morgan fingerprint density at radius 3 is 1.40 bits per heavy atom. The fraction of sp³-hybridized carbons (Fsp3) is 0.906. The van der Waals surface area contributed by atoms with Gasteiger partial charge in [0.2, 0.25) is 0 Å². The van der Waals surface area contributed by atoms with Crippen molar-refractivity contribution in [1.29, 1.82) is 0 Å². The number of aliphatic hydroxyl groups excluding tert-OH is 2. The van der Waals surface area contributed by atoms with Gasteiger partial charge in [0, 0.05) is 19.3 Å². The minimum absolute atomic E-state index is 0.0838. The molecule has 0 radical (unpaired) electrons. The van der Waals surface area contributed by atoms with Gasteiger partial charge >= 0.3 is 5.97 Å². The quantitative estimate of drug-likeness (QED) is 0.0687. The number of Topliss-reactive ketones (excluding diaryl/α,β-unsaturated/α-hetero) is 2. The number of ketones is 2. The monoisotopic (exact) mass is 572 g/mol. The van der Waals surface area contributed by atoms with Gasteiger partial charge in [0.25, 0.3) is 0 Å². The minimum atomic E-state index is -3.00. The molecule has 0 bridgehead atoms. The predicted molar refractivity (Wildman–Crippen MR) is 158 cm³/mol. The first-order valence-electron chi connectivity index (χ1n) is 16.1. The number of ether oxygens (including phenoxy) is 1. The van der Waals surface area contributed by atoms with Gasteiger partial charge in [-0.1, -0.05) is 117 Å². The van der Waals surface area contributed by atoms with E-state index in [4.69, 9.17) is 4.74 Å². The van der Waals surface area contributed by atoms with Crippen molar-refractivity contribution >= 4 is 17.5 Å². The second-order valence-corrected chi connectivity index (χ2v) is 11.4. The van der Waals surface area contributed by atoms with Gasteiger partial charge in [-0.25, -0.2) is 0 Å². The smallest absolute Gasteiger partial charge is 0.305 e. The molecule has 0 aliphatic rings. The summed E-state index contributed by atoms with van der Waals surface area (Å²) in [5.41, 5.74) is -5.86. The van der Waals surface area contributed by atoms with Crippen molar-refractivity contribution in [1.82, 2.24) is 0 Å². The van der Waals surface area contributed by atoms with Crippen molar-refractivity contribution in [2.45, 2.75) is 173 Å². The molecular formula is C32H60O8. The van der Waals surface area contributed by atoms with Gasteiger partial charge in [0.1, 0.15) is 12.7 Å². The molecule has 3 atom stereocenters. The largest absolute Gasteiger partial charge is 0.462 e. The number of rotatable bonds is 28. The summed E-state index contributed by atoms with van der Waals surface area (Å²) >= 11 is 0. The summed E-state index contributed by atoms with van der Waals surface area (Å²) in [6.45, 7) is 4.33. The fourth-order valence-corrected chi connectivity index (χ4v) is 5.06. The maximum Gasteiger partial charge on any atom is 0.305 e. The number of esters is 1. The van der Waals surface area contributed by atoms with E-state index in [1.54, 1.807) is 0 Å². The van der Waals surface area contributed by atoms with Crippen molar-refractivity contribution in [2.24, 2.45) is 0 Å². The molecule has 0 unspecified atom stereocenters. The van der Waals surface area contributed by atoms with Crippen molar-refractivity contribution in [3.63, 3.8) is 0 Å². The van der Waals surface area contributed by atoms with E-state index in [0.29, 0.717) is 25.7 Å². The van der Waals surface area contributed by atoms with Crippen LogP contribution in [0.15, 0.2) is 0 Å². The Bertz CT molecular complexity index is 682. The molecule has 236 valence electrons. The average molecular weight is 573 g/mol. The summed E-state index contributed by atoms with van der Waals surface area (Å²) in [6.07, 6.45) is 13.9. The summed E-state index contributed by atoms with van der Waals surface area (Å²) in [4.78, 5) is 39.2. The highest BCUT2D eigenvalue weighted by Gasteiger charge is 2.62. The number of carbonyl (C=O) groups is 3. The van der Waals surface area contributed by atoms with Crippen LogP contribution in [0.25, 0.3) is 0 Å². The van der Waals surface area contributed by atoms with Crippen LogP contribution in [0.2, 0.25) is 0 Å². The molecule has 0 spiro atoms. The third kappa shape index (κ3) is 14.0. The fourth-order valence-electron chi connectivity index (χ4n) is 5.06. The Kier molecular flexibility index (Phi) is 22.5. The molecule has 0 amide bonds. The van der Waals surface area contributed by atoms with E-state index in [2.05, 4.69) is 20.8 Å². The van der Waals surface area contributed by atoms with E-state index in [0.717, 1.165) is 89.9 Å². The van der Waals surface area contributed by atoms with E-state index < -0.39 is 48.1 Å². The highest BCUT2D eigenvalue weighted by Crippen LogP contribution is 2.33. The van der Waals surface area contributed by atoms with Gasteiger partial charge in [-0.05, 0) is 19.3 Å². The lowest BCUT2D eigenvalue weighted by Gasteiger charge is -2.43. The van der Waals surface area contributed by atoms with Crippen molar-refractivity contribution in [2.75, 3.05) is 13.2 Å². The number of carbonyl (C=O) groups excluding carboxylic acids is 3. The lowest BCUT2D eigenvalue weighted by Crippen LogP contribution is -2.72. The molecule has 8 nitrogen and oxygen atoms in total. The summed E-state index contributed by atoms with van der Waals surface area (Å²) in [5, 5.41) is 43.5. The van der Waals surface area contributed by atoms with E-state index in [1.165, 1.54) is 0 Å². The molecule has 8 heteroatoms. The molecule has 0 aromatic carbocycles. The lowest BCUT2D eigenvalue weighted by molar-refractivity contribution is -0.221. The second kappa shape index (κ2) is 23.2. The molecule has 40 heavy (non-hydrogen) atoms. The molecule has 0 aromatic heterocycles. The van der Waals surface area contributed by atoms with Gasteiger partial charge in [-0.3, -0.25) is 14.4 Å². The van der Waals surface area contributed by atoms with Gasteiger partial charge in [0.15, 0.2) is 22.8 Å². The third-order valence-corrected chi connectivity index (χ3v) is 7.86. The van der Waals surface area contributed by atoms with Crippen LogP contribution in [0.1, 0.15) is 156 Å². The Morgan fingerprint density at radius 1 is 0.600 bits per heavy atom. The zero-order chi connectivity index (χ0) is 30.3. The predicted octanol–water partition coefficient (Wildman–Crippen LogP) is 5.74. The molecule has 0 aliphatic heterocycles. The highest BCUT2D eigenvalue weighted by molar-refractivity contribution is 6.00. The first-order valence-corrected chi connectivity index (χ1v) is 16.1. The summed E-state index contributed by atoms with van der Waals surface area (Å²) in [7, 11) is 0. The van der Waals surface area contributed by atoms with Gasteiger partial charge < -0.3 is 25.2 Å². The van der Waals surface area contributed by atoms with Gasteiger partial charge in [0.05, 0.1) is 6.61 Å². The Labute approximate surface area is 243 Å². The normalized spacial score (nSPS) is 15.3. The Morgan fingerprint density at radius 2 is 0.975 bits per heavy atom. The van der Waals surface area contributed by atoms with Crippen LogP contribution in [-0.4, -0.2) is 68.5 Å². The van der Waals surface area contributed by atoms with Crippen LogP contribution in [0.5, 0.6) is 0 Å². The molecule has 0 aromatic rings.